The Balaban J connectivity index is 2.89. The van der Waals surface area contributed by atoms with Crippen LogP contribution < -0.4 is 14.2 Å². The Bertz CT molecular complexity index is 844. The SMILES string of the molecule is COc1c(C(=O)O)cc(-c2ccccc2C(=O)N(C)C)c(OC)c1OC. The van der Waals surface area contributed by atoms with E-state index in [2.05, 4.69) is 0 Å². The fraction of sp³-hybridized carbons (Fsp3) is 0.263. The maximum atomic E-state index is 12.5. The number of rotatable bonds is 6. The molecule has 0 fully saturated rings. The first-order valence-electron chi connectivity index (χ1n) is 7.74. The van der Waals surface area contributed by atoms with Crippen LogP contribution in [-0.4, -0.2) is 57.3 Å². The van der Waals surface area contributed by atoms with Gasteiger partial charge in [-0.25, -0.2) is 4.79 Å². The highest BCUT2D eigenvalue weighted by molar-refractivity contribution is 6.03. The summed E-state index contributed by atoms with van der Waals surface area (Å²) < 4.78 is 16.0. The topological polar surface area (TPSA) is 85.3 Å². The smallest absolute Gasteiger partial charge is 0.339 e. The Labute approximate surface area is 151 Å². The van der Waals surface area contributed by atoms with Crippen molar-refractivity contribution in [1.82, 2.24) is 4.90 Å². The Morgan fingerprint density at radius 3 is 1.92 bits per heavy atom. The molecule has 138 valence electrons. The zero-order chi connectivity index (χ0) is 19.4. The molecule has 0 saturated carbocycles. The number of nitrogens with zero attached hydrogens (tertiary/aromatic N) is 1. The molecule has 0 aliphatic heterocycles. The van der Waals surface area contributed by atoms with Crippen molar-refractivity contribution in [2.45, 2.75) is 0 Å². The molecule has 0 saturated heterocycles. The van der Waals surface area contributed by atoms with Crippen molar-refractivity contribution >= 4 is 11.9 Å². The van der Waals surface area contributed by atoms with Crippen LogP contribution in [0.3, 0.4) is 0 Å². The highest BCUT2D eigenvalue weighted by atomic mass is 16.5. The second kappa shape index (κ2) is 7.77. The summed E-state index contributed by atoms with van der Waals surface area (Å²) in [6.07, 6.45) is 0. The van der Waals surface area contributed by atoms with Gasteiger partial charge in [-0.2, -0.15) is 0 Å². The zero-order valence-electron chi connectivity index (χ0n) is 15.3. The standard InChI is InChI=1S/C19H21NO6/c1-20(2)18(21)12-9-7-6-8-11(12)13-10-14(19(22)23)16(25-4)17(26-5)15(13)24-3/h6-10H,1-5H3,(H,22,23). The first-order chi connectivity index (χ1) is 12.4. The van der Waals surface area contributed by atoms with Gasteiger partial charge < -0.3 is 24.2 Å². The number of hydrogen-bond donors (Lipinski definition) is 1. The maximum Gasteiger partial charge on any atom is 0.339 e. The molecular weight excluding hydrogens is 338 g/mol. The van der Waals surface area contributed by atoms with Gasteiger partial charge in [-0.3, -0.25) is 4.79 Å². The highest BCUT2D eigenvalue weighted by Gasteiger charge is 2.27. The lowest BCUT2D eigenvalue weighted by Gasteiger charge is -2.20. The third-order valence-corrected chi connectivity index (χ3v) is 3.89. The normalized spacial score (nSPS) is 10.2. The number of hydrogen-bond acceptors (Lipinski definition) is 5. The van der Waals surface area contributed by atoms with Crippen molar-refractivity contribution in [2.24, 2.45) is 0 Å². The van der Waals surface area contributed by atoms with Crippen molar-refractivity contribution in [1.29, 1.82) is 0 Å². The van der Waals surface area contributed by atoms with Crippen LogP contribution in [0.5, 0.6) is 17.2 Å². The molecule has 0 aliphatic carbocycles. The third kappa shape index (κ3) is 3.28. The van der Waals surface area contributed by atoms with E-state index >= 15 is 0 Å². The molecule has 7 heteroatoms. The molecule has 1 N–H and O–H groups in total. The van der Waals surface area contributed by atoms with Crippen LogP contribution >= 0.6 is 0 Å². The molecule has 1 amide bonds. The molecule has 0 spiro atoms. The minimum Gasteiger partial charge on any atom is -0.492 e. The largest absolute Gasteiger partial charge is 0.492 e. The van der Waals surface area contributed by atoms with Crippen molar-refractivity contribution in [2.75, 3.05) is 35.4 Å². The van der Waals surface area contributed by atoms with E-state index in [1.807, 2.05) is 0 Å². The Morgan fingerprint density at radius 1 is 0.846 bits per heavy atom. The van der Waals surface area contributed by atoms with E-state index in [-0.39, 0.29) is 28.7 Å². The van der Waals surface area contributed by atoms with Crippen molar-refractivity contribution in [3.63, 3.8) is 0 Å². The molecule has 0 aromatic heterocycles. The number of carbonyl (C=O) groups is 2. The second-order valence-corrected chi connectivity index (χ2v) is 5.62. The molecular formula is C19H21NO6. The minimum atomic E-state index is -1.18. The minimum absolute atomic E-state index is 0.0528. The van der Waals surface area contributed by atoms with Crippen LogP contribution in [0.25, 0.3) is 11.1 Å². The Hall–Kier alpha value is -3.22. The predicted molar refractivity (Wildman–Crippen MR) is 96.5 cm³/mol. The molecule has 0 atom stereocenters. The van der Waals surface area contributed by atoms with Gasteiger partial charge in [0.15, 0.2) is 11.5 Å². The van der Waals surface area contributed by atoms with Crippen LogP contribution in [0.1, 0.15) is 20.7 Å². The number of carboxylic acid groups (broad SMARTS) is 1. The molecule has 2 rings (SSSR count). The molecule has 0 bridgehead atoms. The van der Waals surface area contributed by atoms with Gasteiger partial charge >= 0.3 is 5.97 Å². The molecule has 0 heterocycles. The zero-order valence-corrected chi connectivity index (χ0v) is 15.3. The Kier molecular flexibility index (Phi) is 5.71. The number of carboxylic acids is 1. The lowest BCUT2D eigenvalue weighted by molar-refractivity contribution is 0.0692. The second-order valence-electron chi connectivity index (χ2n) is 5.62. The van der Waals surface area contributed by atoms with Gasteiger partial charge in [0.2, 0.25) is 5.75 Å². The summed E-state index contributed by atoms with van der Waals surface area (Å²) >= 11 is 0. The van der Waals surface area contributed by atoms with E-state index in [1.165, 1.54) is 32.3 Å². The molecule has 2 aromatic carbocycles. The van der Waals surface area contributed by atoms with Gasteiger partial charge in [-0.1, -0.05) is 18.2 Å². The number of amides is 1. The van der Waals surface area contributed by atoms with Crippen molar-refractivity contribution in [3.8, 4) is 28.4 Å². The summed E-state index contributed by atoms with van der Waals surface area (Å²) in [5.41, 5.74) is 1.28. The predicted octanol–water partition coefficient (Wildman–Crippen LogP) is 2.78. The molecule has 2 aromatic rings. The summed E-state index contributed by atoms with van der Waals surface area (Å²) in [6.45, 7) is 0. The molecule has 0 radical (unpaired) electrons. The van der Waals surface area contributed by atoms with E-state index in [0.29, 0.717) is 16.7 Å². The van der Waals surface area contributed by atoms with Gasteiger partial charge in [0.25, 0.3) is 5.91 Å². The van der Waals surface area contributed by atoms with Crippen LogP contribution in [-0.2, 0) is 0 Å². The highest BCUT2D eigenvalue weighted by Crippen LogP contribution is 2.47. The third-order valence-electron chi connectivity index (χ3n) is 3.89. The first-order valence-corrected chi connectivity index (χ1v) is 7.74. The van der Waals surface area contributed by atoms with Crippen LogP contribution in [0.15, 0.2) is 30.3 Å². The summed E-state index contributed by atoms with van der Waals surface area (Å²) in [5.74, 6) is -0.905. The lowest BCUT2D eigenvalue weighted by atomic mass is 9.95. The summed E-state index contributed by atoms with van der Waals surface area (Å²) in [7, 11) is 7.48. The number of ether oxygens (including phenoxy) is 3. The average Bonchev–Trinajstić information content (AvgIpc) is 2.65. The maximum absolute atomic E-state index is 12.5. The van der Waals surface area contributed by atoms with E-state index in [0.717, 1.165) is 0 Å². The van der Waals surface area contributed by atoms with Crippen molar-refractivity contribution < 1.29 is 28.9 Å². The molecule has 0 unspecified atom stereocenters. The monoisotopic (exact) mass is 359 g/mol. The summed E-state index contributed by atoms with van der Waals surface area (Å²) in [6, 6.07) is 8.33. The van der Waals surface area contributed by atoms with Gasteiger partial charge in [-0.15, -0.1) is 0 Å². The van der Waals surface area contributed by atoms with E-state index in [4.69, 9.17) is 14.2 Å². The van der Waals surface area contributed by atoms with Crippen LogP contribution in [0.2, 0.25) is 0 Å². The fourth-order valence-electron chi connectivity index (χ4n) is 2.72. The molecule has 0 aliphatic rings. The Morgan fingerprint density at radius 2 is 1.42 bits per heavy atom. The fourth-order valence-corrected chi connectivity index (χ4v) is 2.72. The number of methoxy groups -OCH3 is 3. The average molecular weight is 359 g/mol. The van der Waals surface area contributed by atoms with E-state index in [9.17, 15) is 14.7 Å². The van der Waals surface area contributed by atoms with E-state index < -0.39 is 5.97 Å². The van der Waals surface area contributed by atoms with Gasteiger partial charge in [0, 0.05) is 25.2 Å². The number of carbonyl (C=O) groups excluding carboxylic acids is 1. The number of benzene rings is 2. The van der Waals surface area contributed by atoms with Crippen LogP contribution in [0.4, 0.5) is 0 Å². The summed E-state index contributed by atoms with van der Waals surface area (Å²) in [4.78, 5) is 25.7. The summed E-state index contributed by atoms with van der Waals surface area (Å²) in [5, 5.41) is 9.57. The van der Waals surface area contributed by atoms with Gasteiger partial charge in [-0.05, 0) is 17.7 Å². The first kappa shape index (κ1) is 19.1. The van der Waals surface area contributed by atoms with Crippen LogP contribution in [0, 0.1) is 0 Å². The van der Waals surface area contributed by atoms with Gasteiger partial charge in [0.1, 0.15) is 5.56 Å². The number of aromatic carboxylic acids is 1. The van der Waals surface area contributed by atoms with Crippen molar-refractivity contribution in [3.05, 3.63) is 41.5 Å². The quantitative estimate of drug-likeness (QED) is 0.854. The van der Waals surface area contributed by atoms with Gasteiger partial charge in [0.05, 0.1) is 21.3 Å². The molecule has 26 heavy (non-hydrogen) atoms. The van der Waals surface area contributed by atoms with E-state index in [1.54, 1.807) is 38.4 Å². The lowest BCUT2D eigenvalue weighted by Crippen LogP contribution is -2.22. The molecule has 7 nitrogen and oxygen atoms in total.